The fourth-order valence-electron chi connectivity index (χ4n) is 4.35. The Kier molecular flexibility index (Phi) is 5.49. The first kappa shape index (κ1) is 21.6. The molecule has 3 heterocycles. The first-order valence-electron chi connectivity index (χ1n) is 11.1. The van der Waals surface area contributed by atoms with E-state index in [1.165, 1.54) is 0 Å². The molecule has 0 saturated heterocycles. The number of fused-ring (bicyclic) bond motifs is 2. The molecule has 0 aliphatic carbocycles. The number of imidazole rings is 1. The maximum absolute atomic E-state index is 13.1. The van der Waals surface area contributed by atoms with Crippen LogP contribution in [0.5, 0.6) is 5.88 Å². The van der Waals surface area contributed by atoms with Crippen molar-refractivity contribution in [3.05, 3.63) is 83.3 Å². The van der Waals surface area contributed by atoms with E-state index in [0.717, 1.165) is 44.7 Å². The average molecular weight is 455 g/mol. The van der Waals surface area contributed by atoms with Crippen LogP contribution in [0.4, 0.5) is 0 Å². The minimum Gasteiger partial charge on any atom is -0.466 e. The Morgan fingerprint density at radius 1 is 1.03 bits per heavy atom. The van der Waals surface area contributed by atoms with E-state index in [0.29, 0.717) is 5.88 Å². The summed E-state index contributed by atoms with van der Waals surface area (Å²) >= 11 is 0. The van der Waals surface area contributed by atoms with Gasteiger partial charge in [-0.25, -0.2) is 14.6 Å². The molecule has 2 aromatic carbocycles. The molecular formula is C26H26N6O2. The maximum atomic E-state index is 13.1. The number of nitrogens with one attached hydrogen (secondary N) is 1. The van der Waals surface area contributed by atoms with Gasteiger partial charge in [-0.05, 0) is 43.2 Å². The number of amides is 1. The lowest BCUT2D eigenvalue weighted by atomic mass is 10.1. The van der Waals surface area contributed by atoms with Gasteiger partial charge in [0.1, 0.15) is 11.9 Å². The van der Waals surface area contributed by atoms with Crippen LogP contribution in [0.25, 0.3) is 22.1 Å². The molecule has 1 unspecified atom stereocenters. The largest absolute Gasteiger partial charge is 0.466 e. The number of benzene rings is 2. The third kappa shape index (κ3) is 3.87. The number of para-hydroxylation sites is 2. The molecular weight excluding hydrogens is 428 g/mol. The lowest BCUT2D eigenvalue weighted by Crippen LogP contribution is -2.34. The van der Waals surface area contributed by atoms with Gasteiger partial charge in [-0.2, -0.15) is 0 Å². The number of carbonyl (C=O) groups excluding carboxylic acids is 1. The van der Waals surface area contributed by atoms with Gasteiger partial charge in [0.15, 0.2) is 12.3 Å². The first-order chi connectivity index (χ1) is 16.4. The van der Waals surface area contributed by atoms with Gasteiger partial charge in [0, 0.05) is 19.8 Å². The van der Waals surface area contributed by atoms with E-state index in [1.54, 1.807) is 4.68 Å². The maximum Gasteiger partial charge on any atom is 0.258 e. The molecule has 172 valence electrons. The second-order valence-electron chi connectivity index (χ2n) is 8.43. The molecule has 0 aliphatic rings. The van der Waals surface area contributed by atoms with Crippen LogP contribution in [0.15, 0.2) is 60.7 Å². The minimum absolute atomic E-state index is 0.174. The van der Waals surface area contributed by atoms with Gasteiger partial charge in [0.05, 0.1) is 16.4 Å². The van der Waals surface area contributed by atoms with E-state index in [2.05, 4.69) is 15.4 Å². The number of pyridine rings is 1. The number of aryl methyl sites for hydroxylation is 4. The monoisotopic (exact) mass is 454 g/mol. The molecule has 0 bridgehead atoms. The first-order valence-corrected chi connectivity index (χ1v) is 11.1. The summed E-state index contributed by atoms with van der Waals surface area (Å²) in [6.45, 7) is 3.76. The van der Waals surface area contributed by atoms with Gasteiger partial charge in [-0.3, -0.25) is 4.79 Å². The minimum atomic E-state index is -0.429. The third-order valence-electron chi connectivity index (χ3n) is 5.94. The van der Waals surface area contributed by atoms with E-state index >= 15 is 0 Å². The van der Waals surface area contributed by atoms with Gasteiger partial charge in [0.25, 0.3) is 5.91 Å². The average Bonchev–Trinajstić information content (AvgIpc) is 3.33. The molecule has 8 heteroatoms. The van der Waals surface area contributed by atoms with Crippen molar-refractivity contribution in [3.63, 3.8) is 0 Å². The predicted molar refractivity (Wildman–Crippen MR) is 131 cm³/mol. The molecule has 0 aliphatic heterocycles. The van der Waals surface area contributed by atoms with Crippen molar-refractivity contribution in [3.8, 4) is 5.88 Å². The highest BCUT2D eigenvalue weighted by molar-refractivity contribution is 5.86. The van der Waals surface area contributed by atoms with Gasteiger partial charge in [0.2, 0.25) is 5.88 Å². The number of hydrogen-bond donors (Lipinski definition) is 1. The van der Waals surface area contributed by atoms with Crippen LogP contribution in [0.2, 0.25) is 0 Å². The molecule has 34 heavy (non-hydrogen) atoms. The van der Waals surface area contributed by atoms with Gasteiger partial charge >= 0.3 is 0 Å². The van der Waals surface area contributed by atoms with Gasteiger partial charge in [-0.1, -0.05) is 42.5 Å². The second-order valence-corrected chi connectivity index (χ2v) is 8.43. The van der Waals surface area contributed by atoms with Crippen molar-refractivity contribution in [1.82, 2.24) is 29.6 Å². The Labute approximate surface area is 197 Å². The SMILES string of the molecule is Cc1cc(C)c2c(OCC(=O)NC(c3ccccc3)c3nc4ccccc4n3C)nn(C)c2n1. The zero-order valence-corrected chi connectivity index (χ0v) is 19.6. The highest BCUT2D eigenvalue weighted by atomic mass is 16.5. The summed E-state index contributed by atoms with van der Waals surface area (Å²) in [6.07, 6.45) is 0. The summed E-state index contributed by atoms with van der Waals surface area (Å²) in [7, 11) is 3.78. The zero-order chi connectivity index (χ0) is 23.8. The highest BCUT2D eigenvalue weighted by Crippen LogP contribution is 2.28. The smallest absolute Gasteiger partial charge is 0.258 e. The molecule has 5 rings (SSSR count). The molecule has 3 aromatic heterocycles. The Balaban J connectivity index is 1.42. The number of carbonyl (C=O) groups is 1. The molecule has 0 saturated carbocycles. The fraction of sp³-hybridized carbons (Fsp3) is 0.231. The van der Waals surface area contributed by atoms with E-state index in [-0.39, 0.29) is 12.5 Å². The van der Waals surface area contributed by atoms with Crippen LogP contribution in [-0.4, -0.2) is 36.8 Å². The summed E-state index contributed by atoms with van der Waals surface area (Å²) < 4.78 is 9.56. The number of hydrogen-bond acceptors (Lipinski definition) is 5. The van der Waals surface area contributed by atoms with Crippen LogP contribution in [-0.2, 0) is 18.9 Å². The van der Waals surface area contributed by atoms with Crippen LogP contribution in [0, 0.1) is 13.8 Å². The van der Waals surface area contributed by atoms with E-state index in [9.17, 15) is 4.79 Å². The molecule has 1 N–H and O–H groups in total. The number of rotatable bonds is 6. The van der Waals surface area contributed by atoms with Crippen molar-refractivity contribution >= 4 is 28.0 Å². The Morgan fingerprint density at radius 2 is 1.76 bits per heavy atom. The van der Waals surface area contributed by atoms with Crippen molar-refractivity contribution in [2.75, 3.05) is 6.61 Å². The zero-order valence-electron chi connectivity index (χ0n) is 19.6. The summed E-state index contributed by atoms with van der Waals surface area (Å²) in [5.74, 6) is 0.883. The molecule has 0 spiro atoms. The normalized spacial score (nSPS) is 12.2. The molecule has 0 radical (unpaired) electrons. The van der Waals surface area contributed by atoms with E-state index in [1.807, 2.05) is 93.2 Å². The van der Waals surface area contributed by atoms with Crippen LogP contribution in [0.1, 0.15) is 28.7 Å². The molecule has 0 fully saturated rings. The van der Waals surface area contributed by atoms with E-state index < -0.39 is 6.04 Å². The highest BCUT2D eigenvalue weighted by Gasteiger charge is 2.23. The van der Waals surface area contributed by atoms with Crippen LogP contribution in [0.3, 0.4) is 0 Å². The van der Waals surface area contributed by atoms with Crippen molar-refractivity contribution < 1.29 is 9.53 Å². The molecule has 8 nitrogen and oxygen atoms in total. The third-order valence-corrected chi connectivity index (χ3v) is 5.94. The topological polar surface area (TPSA) is 86.9 Å². The summed E-state index contributed by atoms with van der Waals surface area (Å²) in [5, 5.41) is 8.36. The second kappa shape index (κ2) is 8.62. The molecule has 1 atom stereocenters. The Bertz CT molecular complexity index is 1500. The number of ether oxygens (including phenoxy) is 1. The lowest BCUT2D eigenvalue weighted by molar-refractivity contribution is -0.123. The summed E-state index contributed by atoms with van der Waals surface area (Å²) in [6, 6.07) is 19.3. The van der Waals surface area contributed by atoms with Gasteiger partial charge in [-0.15, -0.1) is 5.10 Å². The standard InChI is InChI=1S/C26H26N6O2/c1-16-14-17(2)27-24-22(16)26(30-32(24)4)34-15-21(33)29-23(18-10-6-5-7-11-18)25-28-19-12-8-9-13-20(19)31(25)3/h5-14,23H,15H2,1-4H3,(H,29,33). The Hall–Kier alpha value is -4.20. The molecule has 1 amide bonds. The fourth-order valence-corrected chi connectivity index (χ4v) is 4.35. The van der Waals surface area contributed by atoms with Crippen molar-refractivity contribution in [2.24, 2.45) is 14.1 Å². The number of nitrogens with zero attached hydrogens (tertiary/aromatic N) is 5. The van der Waals surface area contributed by atoms with Crippen LogP contribution >= 0.6 is 0 Å². The Morgan fingerprint density at radius 3 is 2.53 bits per heavy atom. The molecule has 5 aromatic rings. The van der Waals surface area contributed by atoms with Crippen molar-refractivity contribution in [2.45, 2.75) is 19.9 Å². The summed E-state index contributed by atoms with van der Waals surface area (Å²) in [4.78, 5) is 22.4. The lowest BCUT2D eigenvalue weighted by Gasteiger charge is -2.19. The van der Waals surface area contributed by atoms with Crippen molar-refractivity contribution in [1.29, 1.82) is 0 Å². The van der Waals surface area contributed by atoms with Crippen LogP contribution < -0.4 is 10.1 Å². The quantitative estimate of drug-likeness (QED) is 0.422. The number of aromatic nitrogens is 5. The van der Waals surface area contributed by atoms with Gasteiger partial charge < -0.3 is 14.6 Å². The summed E-state index contributed by atoms with van der Waals surface area (Å²) in [5.41, 5.74) is 5.47. The van der Waals surface area contributed by atoms with E-state index in [4.69, 9.17) is 9.72 Å². The predicted octanol–water partition coefficient (Wildman–Crippen LogP) is 3.76.